The van der Waals surface area contributed by atoms with Gasteiger partial charge in [-0.3, -0.25) is 4.79 Å². The molecule has 0 fully saturated rings. The third-order valence-electron chi connectivity index (χ3n) is 5.26. The van der Waals surface area contributed by atoms with Crippen LogP contribution in [-0.2, 0) is 11.3 Å². The van der Waals surface area contributed by atoms with Crippen molar-refractivity contribution in [1.82, 2.24) is 20.2 Å². The van der Waals surface area contributed by atoms with Crippen molar-refractivity contribution in [2.24, 2.45) is 0 Å². The zero-order valence-electron chi connectivity index (χ0n) is 14.8. The normalized spacial score (nSPS) is 21.7. The predicted octanol–water partition coefficient (Wildman–Crippen LogP) is 2.75. The molecule has 1 aliphatic heterocycles. The maximum Gasteiger partial charge on any atom is 0.236 e. The van der Waals surface area contributed by atoms with Crippen molar-refractivity contribution in [3.05, 3.63) is 29.9 Å². The fourth-order valence-electron chi connectivity index (χ4n) is 3.74. The highest BCUT2D eigenvalue weighted by Gasteiger charge is 2.22. The van der Waals surface area contributed by atoms with E-state index < -0.39 is 0 Å². The number of aryl methyl sites for hydroxylation is 1. The number of amides is 1. The van der Waals surface area contributed by atoms with Crippen molar-refractivity contribution in [3.63, 3.8) is 0 Å². The first kappa shape index (κ1) is 17.2. The number of carbonyl (C=O) groups is 1. The summed E-state index contributed by atoms with van der Waals surface area (Å²) < 4.78 is 2.23. The van der Waals surface area contributed by atoms with Gasteiger partial charge in [-0.25, -0.2) is 4.98 Å². The van der Waals surface area contributed by atoms with Gasteiger partial charge in [-0.2, -0.15) is 0 Å². The van der Waals surface area contributed by atoms with Crippen molar-refractivity contribution in [1.29, 1.82) is 0 Å². The number of hydrogen-bond acceptors (Lipinski definition) is 3. The lowest BCUT2D eigenvalue weighted by Crippen LogP contribution is -2.44. The topological polar surface area (TPSA) is 59.0 Å². The Kier molecular flexibility index (Phi) is 6.07. The molecule has 0 saturated carbocycles. The minimum Gasteiger partial charge on any atom is -0.354 e. The highest BCUT2D eigenvalue weighted by molar-refractivity contribution is 5.81. The summed E-state index contributed by atoms with van der Waals surface area (Å²) >= 11 is 0. The number of allylic oxidation sites excluding steroid dienone is 1. The fraction of sp³-hybridized carbons (Fsp3) is 0.684. The van der Waals surface area contributed by atoms with E-state index >= 15 is 0 Å². The van der Waals surface area contributed by atoms with Gasteiger partial charge in [-0.05, 0) is 51.9 Å². The summed E-state index contributed by atoms with van der Waals surface area (Å²) in [6.07, 6.45) is 14.6. The second-order valence-corrected chi connectivity index (χ2v) is 7.10. The average Bonchev–Trinajstić information content (AvgIpc) is 3.09. The van der Waals surface area contributed by atoms with E-state index in [-0.39, 0.29) is 11.9 Å². The zero-order valence-corrected chi connectivity index (χ0v) is 14.8. The Morgan fingerprint density at radius 3 is 3.17 bits per heavy atom. The molecular formula is C19H30N4O. The number of nitrogens with zero attached hydrogens (tertiary/aromatic N) is 2. The van der Waals surface area contributed by atoms with Crippen molar-refractivity contribution in [2.75, 3.05) is 13.1 Å². The fourth-order valence-corrected chi connectivity index (χ4v) is 3.74. The Hall–Kier alpha value is -1.62. The average molecular weight is 330 g/mol. The Labute approximate surface area is 144 Å². The maximum atomic E-state index is 12.2. The second-order valence-electron chi connectivity index (χ2n) is 7.10. The van der Waals surface area contributed by atoms with Crippen LogP contribution in [0.1, 0.15) is 63.6 Å². The molecule has 0 saturated heterocycles. The van der Waals surface area contributed by atoms with Crippen LogP contribution in [0, 0.1) is 0 Å². The molecule has 2 aliphatic rings. The molecule has 0 radical (unpaired) electrons. The highest BCUT2D eigenvalue weighted by Crippen LogP contribution is 2.24. The highest BCUT2D eigenvalue weighted by atomic mass is 16.2. The largest absolute Gasteiger partial charge is 0.354 e. The molecule has 1 aromatic heterocycles. The summed E-state index contributed by atoms with van der Waals surface area (Å²) in [6, 6.07) is -0.157. The Morgan fingerprint density at radius 2 is 2.33 bits per heavy atom. The molecule has 1 aliphatic carbocycles. The van der Waals surface area contributed by atoms with E-state index in [1.807, 2.05) is 13.1 Å². The summed E-state index contributed by atoms with van der Waals surface area (Å²) in [5, 5.41) is 6.46. The summed E-state index contributed by atoms with van der Waals surface area (Å²) in [5.74, 6) is 1.67. The number of imidazole rings is 1. The van der Waals surface area contributed by atoms with Gasteiger partial charge >= 0.3 is 0 Å². The molecule has 1 amide bonds. The lowest BCUT2D eigenvalue weighted by atomic mass is 9.97. The lowest BCUT2D eigenvalue weighted by Gasteiger charge is -2.25. The number of aromatic nitrogens is 2. The van der Waals surface area contributed by atoms with Gasteiger partial charge in [0.25, 0.3) is 0 Å². The molecular weight excluding hydrogens is 300 g/mol. The van der Waals surface area contributed by atoms with Gasteiger partial charge in [-0.15, -0.1) is 0 Å². The van der Waals surface area contributed by atoms with Gasteiger partial charge in [0.2, 0.25) is 5.91 Å². The van der Waals surface area contributed by atoms with Crippen LogP contribution in [0.15, 0.2) is 24.0 Å². The first-order valence-corrected chi connectivity index (χ1v) is 9.44. The van der Waals surface area contributed by atoms with E-state index in [9.17, 15) is 4.79 Å². The van der Waals surface area contributed by atoms with Crippen LogP contribution in [0.4, 0.5) is 0 Å². The minimum atomic E-state index is -0.157. The maximum absolute atomic E-state index is 12.2. The quantitative estimate of drug-likeness (QED) is 0.756. The molecule has 5 nitrogen and oxygen atoms in total. The van der Waals surface area contributed by atoms with Crippen LogP contribution in [0.3, 0.4) is 0 Å². The van der Waals surface area contributed by atoms with Gasteiger partial charge in [0.05, 0.1) is 6.04 Å². The molecule has 132 valence electrons. The van der Waals surface area contributed by atoms with Gasteiger partial charge < -0.3 is 15.2 Å². The van der Waals surface area contributed by atoms with Crippen LogP contribution in [0.5, 0.6) is 0 Å². The molecule has 2 heterocycles. The Bertz CT molecular complexity index is 578. The number of rotatable bonds is 7. The zero-order chi connectivity index (χ0) is 16.8. The van der Waals surface area contributed by atoms with Crippen molar-refractivity contribution in [3.8, 4) is 0 Å². The number of carbonyl (C=O) groups excluding carboxylic acids is 1. The summed E-state index contributed by atoms with van der Waals surface area (Å²) in [5.41, 5.74) is 1.51. The molecule has 3 rings (SSSR count). The summed E-state index contributed by atoms with van der Waals surface area (Å²) in [4.78, 5) is 16.7. The molecule has 1 aromatic rings. The number of fused-ring (bicyclic) bond motifs is 1. The molecule has 0 unspecified atom stereocenters. The molecule has 0 spiro atoms. The molecule has 0 aromatic carbocycles. The van der Waals surface area contributed by atoms with E-state index in [0.717, 1.165) is 38.3 Å². The number of nitrogens with one attached hydrogen (secondary N) is 2. The van der Waals surface area contributed by atoms with Crippen LogP contribution >= 0.6 is 0 Å². The minimum absolute atomic E-state index is 0.102. The molecule has 2 N–H and O–H groups in total. The molecule has 24 heavy (non-hydrogen) atoms. The van der Waals surface area contributed by atoms with Crippen LogP contribution < -0.4 is 10.6 Å². The van der Waals surface area contributed by atoms with Crippen LogP contribution in [0.2, 0.25) is 0 Å². The lowest BCUT2D eigenvalue weighted by molar-refractivity contribution is -0.122. The third-order valence-corrected chi connectivity index (χ3v) is 5.26. The number of hydrogen-bond donors (Lipinski definition) is 2. The van der Waals surface area contributed by atoms with Gasteiger partial charge in [0.1, 0.15) is 5.82 Å². The van der Waals surface area contributed by atoms with E-state index in [1.165, 1.54) is 37.7 Å². The standard InChI is InChI=1S/C19H30N4O/c1-15(19(24)21-10-9-16-6-3-2-4-7-16)22-14-17-8-5-12-23-13-11-20-18(17)23/h6,11,13,15,17,22H,2-5,7-10,12,14H2,1H3,(H,21,24)/t15-,17-/m0/s1. The smallest absolute Gasteiger partial charge is 0.236 e. The van der Waals surface area contributed by atoms with E-state index in [1.54, 1.807) is 0 Å². The van der Waals surface area contributed by atoms with E-state index in [0.29, 0.717) is 5.92 Å². The monoisotopic (exact) mass is 330 g/mol. The first-order valence-electron chi connectivity index (χ1n) is 9.44. The Morgan fingerprint density at radius 1 is 1.42 bits per heavy atom. The first-order chi connectivity index (χ1) is 11.7. The predicted molar refractivity (Wildman–Crippen MR) is 95.8 cm³/mol. The van der Waals surface area contributed by atoms with Crippen molar-refractivity contribution < 1.29 is 4.79 Å². The van der Waals surface area contributed by atoms with Crippen LogP contribution in [-0.4, -0.2) is 34.6 Å². The molecule has 2 atom stereocenters. The Balaban J connectivity index is 1.38. The second kappa shape index (κ2) is 8.47. The molecule has 5 heteroatoms. The van der Waals surface area contributed by atoms with Crippen molar-refractivity contribution in [2.45, 2.75) is 70.4 Å². The SMILES string of the molecule is C[C@H](NC[C@@H]1CCCn2ccnc21)C(=O)NCCC1=CCCCC1. The molecule has 0 bridgehead atoms. The van der Waals surface area contributed by atoms with Crippen molar-refractivity contribution >= 4 is 5.91 Å². The summed E-state index contributed by atoms with van der Waals surface area (Å²) in [6.45, 7) is 4.59. The van der Waals surface area contributed by atoms with E-state index in [4.69, 9.17) is 0 Å². The summed E-state index contributed by atoms with van der Waals surface area (Å²) in [7, 11) is 0. The van der Waals surface area contributed by atoms with Gasteiger partial charge in [-0.1, -0.05) is 11.6 Å². The van der Waals surface area contributed by atoms with E-state index in [2.05, 4.69) is 32.5 Å². The van der Waals surface area contributed by atoms with Gasteiger partial charge in [0.15, 0.2) is 0 Å². The van der Waals surface area contributed by atoms with Gasteiger partial charge in [0, 0.05) is 37.9 Å². The van der Waals surface area contributed by atoms with Crippen LogP contribution in [0.25, 0.3) is 0 Å². The third kappa shape index (κ3) is 4.47.